The van der Waals surface area contributed by atoms with E-state index >= 15 is 4.57 Å². The number of benzene rings is 7. The number of rotatable bonds is 6. The molecule has 0 saturated heterocycles. The molecule has 0 aliphatic carbocycles. The van der Waals surface area contributed by atoms with Crippen LogP contribution in [0.25, 0.3) is 33.9 Å². The van der Waals surface area contributed by atoms with Crippen molar-refractivity contribution in [1.82, 2.24) is 15.0 Å². The molecule has 7 heteroatoms. The first-order valence-electron chi connectivity index (χ1n) is 17.2. The minimum absolute atomic E-state index is 0.292. The van der Waals surface area contributed by atoms with Gasteiger partial charge in [0, 0.05) is 22.0 Å². The zero-order valence-electron chi connectivity index (χ0n) is 28.1. The standard InChI is InChI=1S/C45H32N5OP/c51-52(36-25-11-4-12-26-36)42-32-18-17-31-41(42)49(38-28-14-13-27-37(38)33-19-5-1-6-20-33)39-29-15-16-30-40(39)50(52)45-47-43(34-21-7-2-8-22-34)46-44(48-45)35-23-9-3-10-24-35/h1-32H. The van der Waals surface area contributed by atoms with Crippen LogP contribution in [0.5, 0.6) is 0 Å². The predicted octanol–water partition coefficient (Wildman–Crippen LogP) is 10.7. The van der Waals surface area contributed by atoms with Crippen molar-refractivity contribution in [2.24, 2.45) is 0 Å². The summed E-state index contributed by atoms with van der Waals surface area (Å²) >= 11 is 0. The number of fused-ring (bicyclic) bond motifs is 2. The van der Waals surface area contributed by atoms with Gasteiger partial charge in [-0.25, -0.2) is 9.65 Å². The van der Waals surface area contributed by atoms with Gasteiger partial charge in [0.25, 0.3) is 0 Å². The molecule has 1 aliphatic rings. The zero-order valence-corrected chi connectivity index (χ0v) is 29.0. The molecule has 0 fully saturated rings. The van der Waals surface area contributed by atoms with Crippen LogP contribution in [-0.2, 0) is 4.57 Å². The first-order chi connectivity index (χ1) is 25.7. The van der Waals surface area contributed by atoms with Gasteiger partial charge in [-0.15, -0.1) is 0 Å². The Morgan fingerprint density at radius 3 is 1.42 bits per heavy atom. The van der Waals surface area contributed by atoms with E-state index in [9.17, 15) is 0 Å². The van der Waals surface area contributed by atoms with E-state index in [4.69, 9.17) is 15.0 Å². The van der Waals surface area contributed by atoms with Crippen LogP contribution < -0.4 is 20.2 Å². The van der Waals surface area contributed by atoms with Crippen molar-refractivity contribution in [1.29, 1.82) is 0 Å². The first kappa shape index (κ1) is 31.4. The summed E-state index contributed by atoms with van der Waals surface area (Å²) < 4.78 is 18.7. The number of anilines is 5. The minimum atomic E-state index is -3.79. The summed E-state index contributed by atoms with van der Waals surface area (Å²) in [5.74, 6) is 1.27. The van der Waals surface area contributed by atoms with Crippen molar-refractivity contribution in [2.45, 2.75) is 0 Å². The molecule has 8 aromatic rings. The number of aromatic nitrogens is 3. The number of hydrogen-bond donors (Lipinski definition) is 0. The monoisotopic (exact) mass is 689 g/mol. The summed E-state index contributed by atoms with van der Waals surface area (Å²) in [6, 6.07) is 64.3. The molecule has 1 atom stereocenters. The van der Waals surface area contributed by atoms with Crippen LogP contribution in [0.3, 0.4) is 0 Å². The fourth-order valence-electron chi connectivity index (χ4n) is 6.93. The van der Waals surface area contributed by atoms with Gasteiger partial charge in [-0.2, -0.15) is 9.97 Å². The van der Waals surface area contributed by atoms with Crippen LogP contribution >= 0.6 is 7.29 Å². The van der Waals surface area contributed by atoms with E-state index < -0.39 is 7.29 Å². The van der Waals surface area contributed by atoms with E-state index in [1.165, 1.54) is 0 Å². The lowest BCUT2D eigenvalue weighted by atomic mass is 10.0. The second-order valence-corrected chi connectivity index (χ2v) is 15.0. The summed E-state index contributed by atoms with van der Waals surface area (Å²) in [7, 11) is -3.79. The van der Waals surface area contributed by atoms with Crippen LogP contribution in [0.15, 0.2) is 194 Å². The topological polar surface area (TPSA) is 62.2 Å². The molecule has 1 unspecified atom stereocenters. The third-order valence-corrected chi connectivity index (χ3v) is 12.3. The molecule has 0 amide bonds. The average Bonchev–Trinajstić information content (AvgIpc) is 3.32. The van der Waals surface area contributed by atoms with Crippen LogP contribution in [0.1, 0.15) is 0 Å². The highest BCUT2D eigenvalue weighted by atomic mass is 31.2. The van der Waals surface area contributed by atoms with Crippen molar-refractivity contribution in [2.75, 3.05) is 9.57 Å². The van der Waals surface area contributed by atoms with Crippen LogP contribution in [-0.4, -0.2) is 15.0 Å². The van der Waals surface area contributed by atoms with Gasteiger partial charge in [0.05, 0.1) is 28.1 Å². The summed E-state index contributed by atoms with van der Waals surface area (Å²) in [5.41, 5.74) is 7.12. The summed E-state index contributed by atoms with van der Waals surface area (Å²) in [6.45, 7) is 0. The molecule has 0 saturated carbocycles. The number of nitrogens with zero attached hydrogens (tertiary/aromatic N) is 5. The van der Waals surface area contributed by atoms with Crippen molar-refractivity contribution >= 4 is 46.6 Å². The Labute approximate surface area is 302 Å². The van der Waals surface area contributed by atoms with E-state index in [0.717, 1.165) is 39.3 Å². The van der Waals surface area contributed by atoms with Gasteiger partial charge >= 0.3 is 0 Å². The Balaban J connectivity index is 1.40. The maximum absolute atomic E-state index is 16.8. The SMILES string of the molecule is O=P1(c2ccccc2)c2ccccc2N(c2ccccc2-c2ccccc2)c2ccccc2N1c1nc(-c2ccccc2)nc(-c2ccccc2)n1. The molecular formula is C45H32N5OP. The maximum atomic E-state index is 16.8. The second kappa shape index (κ2) is 13.3. The molecule has 52 heavy (non-hydrogen) atoms. The van der Waals surface area contributed by atoms with E-state index in [1.54, 1.807) is 0 Å². The van der Waals surface area contributed by atoms with Gasteiger partial charge < -0.3 is 4.90 Å². The van der Waals surface area contributed by atoms with E-state index in [1.807, 2.05) is 138 Å². The highest BCUT2D eigenvalue weighted by Crippen LogP contribution is 2.61. The van der Waals surface area contributed by atoms with Crippen molar-refractivity contribution in [3.8, 4) is 33.9 Å². The fourth-order valence-corrected chi connectivity index (χ4v) is 9.82. The third kappa shape index (κ3) is 5.38. The van der Waals surface area contributed by atoms with E-state index in [2.05, 4.69) is 65.6 Å². The van der Waals surface area contributed by atoms with E-state index in [-0.39, 0.29) is 0 Å². The molecule has 248 valence electrons. The van der Waals surface area contributed by atoms with Gasteiger partial charge in [-0.05, 0) is 48.0 Å². The predicted molar refractivity (Wildman–Crippen MR) is 213 cm³/mol. The molecule has 0 N–H and O–H groups in total. The Kier molecular flexibility index (Phi) is 8.00. The fraction of sp³-hybridized carbons (Fsp3) is 0. The molecule has 7 aromatic carbocycles. The zero-order chi connectivity index (χ0) is 34.9. The highest BCUT2D eigenvalue weighted by Gasteiger charge is 2.45. The van der Waals surface area contributed by atoms with Gasteiger partial charge in [0.1, 0.15) is 0 Å². The molecule has 2 heterocycles. The smallest absolute Gasteiger partial charge is 0.240 e. The molecule has 1 aliphatic heterocycles. The summed E-state index contributed by atoms with van der Waals surface area (Å²) in [4.78, 5) is 17.5. The lowest BCUT2D eigenvalue weighted by molar-refractivity contribution is 0.586. The van der Waals surface area contributed by atoms with Crippen LogP contribution in [0, 0.1) is 0 Å². The molecule has 1 aromatic heterocycles. The van der Waals surface area contributed by atoms with E-state index in [0.29, 0.717) is 33.9 Å². The number of hydrogen-bond acceptors (Lipinski definition) is 5. The molecule has 6 nitrogen and oxygen atoms in total. The highest BCUT2D eigenvalue weighted by molar-refractivity contribution is 7.80. The Hall–Kier alpha value is -6.62. The van der Waals surface area contributed by atoms with Crippen LogP contribution in [0.2, 0.25) is 0 Å². The van der Waals surface area contributed by atoms with Gasteiger partial charge in [0.15, 0.2) is 11.6 Å². The molecule has 0 radical (unpaired) electrons. The normalized spacial score (nSPS) is 15.0. The van der Waals surface area contributed by atoms with Crippen molar-refractivity contribution < 1.29 is 4.57 Å². The molecular weight excluding hydrogens is 658 g/mol. The molecule has 0 bridgehead atoms. The van der Waals surface area contributed by atoms with Gasteiger partial charge in [-0.1, -0.05) is 152 Å². The second-order valence-electron chi connectivity index (χ2n) is 12.4. The van der Waals surface area contributed by atoms with Gasteiger partial charge in [0.2, 0.25) is 13.2 Å². The lowest BCUT2D eigenvalue weighted by Crippen LogP contribution is -2.30. The molecule has 9 rings (SSSR count). The van der Waals surface area contributed by atoms with Crippen molar-refractivity contribution in [3.63, 3.8) is 0 Å². The lowest BCUT2D eigenvalue weighted by Gasteiger charge is -2.32. The largest absolute Gasteiger partial charge is 0.307 e. The van der Waals surface area contributed by atoms with Gasteiger partial charge in [-0.3, -0.25) is 4.57 Å². The molecule has 0 spiro atoms. The Morgan fingerprint density at radius 2 is 0.827 bits per heavy atom. The van der Waals surface area contributed by atoms with Crippen LogP contribution in [0.4, 0.5) is 28.7 Å². The Bertz CT molecular complexity index is 2510. The Morgan fingerprint density at radius 1 is 0.385 bits per heavy atom. The average molecular weight is 690 g/mol. The maximum Gasteiger partial charge on any atom is 0.240 e. The minimum Gasteiger partial charge on any atom is -0.307 e. The summed E-state index contributed by atoms with van der Waals surface area (Å²) in [6.07, 6.45) is 0. The quantitative estimate of drug-likeness (QED) is 0.162. The third-order valence-electron chi connectivity index (χ3n) is 9.29. The summed E-state index contributed by atoms with van der Waals surface area (Å²) in [5, 5.41) is 1.33. The van der Waals surface area contributed by atoms with Crippen molar-refractivity contribution in [3.05, 3.63) is 194 Å². The number of para-hydroxylation sites is 4. The first-order valence-corrected chi connectivity index (χ1v) is 18.8.